The molecule has 0 aliphatic carbocycles. The Morgan fingerprint density at radius 3 is 2.54 bits per heavy atom. The van der Waals surface area contributed by atoms with Crippen LogP contribution in [0.4, 0.5) is 11.9 Å². The molecule has 4 rings (SSSR count). The van der Waals surface area contributed by atoms with Crippen molar-refractivity contribution in [1.29, 1.82) is 0 Å². The number of fused-ring (bicyclic) bond motifs is 1. The molecule has 6 heteroatoms. The van der Waals surface area contributed by atoms with E-state index in [-0.39, 0.29) is 18.0 Å². The van der Waals surface area contributed by atoms with E-state index in [2.05, 4.69) is 39.7 Å². The van der Waals surface area contributed by atoms with Crippen molar-refractivity contribution >= 4 is 11.9 Å². The van der Waals surface area contributed by atoms with Gasteiger partial charge in [0.15, 0.2) is 0 Å². The highest BCUT2D eigenvalue weighted by Crippen LogP contribution is 2.38. The van der Waals surface area contributed by atoms with E-state index in [0.29, 0.717) is 5.95 Å². The molecule has 0 spiro atoms. The quantitative estimate of drug-likeness (QED) is 0.775. The first-order valence-corrected chi connectivity index (χ1v) is 7.92. The van der Waals surface area contributed by atoms with Gasteiger partial charge in [0.05, 0.1) is 19.2 Å². The van der Waals surface area contributed by atoms with E-state index >= 15 is 0 Å². The lowest BCUT2D eigenvalue weighted by Crippen LogP contribution is -2.28. The summed E-state index contributed by atoms with van der Waals surface area (Å²) in [5.74, 6) is 1.84. The van der Waals surface area contributed by atoms with Gasteiger partial charge in [0.1, 0.15) is 5.75 Å². The van der Waals surface area contributed by atoms with Crippen molar-refractivity contribution in [2.75, 3.05) is 18.2 Å². The van der Waals surface area contributed by atoms with Gasteiger partial charge >= 0.3 is 0 Å². The highest BCUT2D eigenvalue weighted by Gasteiger charge is 2.30. The number of hydrogen-bond donors (Lipinski definition) is 2. The largest absolute Gasteiger partial charge is 0.497 e. The molecule has 0 saturated carbocycles. The summed E-state index contributed by atoms with van der Waals surface area (Å²) in [5, 5.41) is 7.81. The molecule has 3 N–H and O–H groups in total. The van der Waals surface area contributed by atoms with Crippen molar-refractivity contribution < 1.29 is 4.74 Å². The smallest absolute Gasteiger partial charge is 0.241 e. The number of benzene rings is 2. The second kappa shape index (κ2) is 5.88. The first-order valence-electron chi connectivity index (χ1n) is 7.92. The van der Waals surface area contributed by atoms with E-state index in [0.717, 1.165) is 12.2 Å². The number of nitrogens with one attached hydrogen (secondary N) is 1. The lowest BCUT2D eigenvalue weighted by molar-refractivity contribution is 0.413. The molecule has 2 atom stereocenters. The molecule has 0 amide bonds. The van der Waals surface area contributed by atoms with Gasteiger partial charge in [-0.1, -0.05) is 42.5 Å². The molecule has 0 fully saturated rings. The van der Waals surface area contributed by atoms with E-state index in [1.807, 2.05) is 35.0 Å². The van der Waals surface area contributed by atoms with Crippen LogP contribution >= 0.6 is 0 Å². The number of methoxy groups -OCH3 is 1. The second-order valence-electron chi connectivity index (χ2n) is 5.87. The Labute approximate surface area is 140 Å². The van der Waals surface area contributed by atoms with Crippen molar-refractivity contribution in [3.8, 4) is 5.75 Å². The Bertz CT molecular complexity index is 828. The molecule has 24 heavy (non-hydrogen) atoms. The SMILES string of the molecule is COc1ccc([C@@H]2C[C@@H](c3ccccc3)n3nc(N)nc3N2)cc1. The summed E-state index contributed by atoms with van der Waals surface area (Å²) in [6.07, 6.45) is 0.867. The number of nitrogen functional groups attached to an aromatic ring is 1. The number of hydrogen-bond acceptors (Lipinski definition) is 5. The molecule has 0 saturated heterocycles. The topological polar surface area (TPSA) is 78.0 Å². The van der Waals surface area contributed by atoms with Gasteiger partial charge in [-0.05, 0) is 29.7 Å². The number of anilines is 2. The number of nitrogens with zero attached hydrogens (tertiary/aromatic N) is 3. The molecule has 1 aliphatic rings. The van der Waals surface area contributed by atoms with Crippen LogP contribution in [0, 0.1) is 0 Å². The Kier molecular flexibility index (Phi) is 3.57. The standard InChI is InChI=1S/C18H19N5O/c1-24-14-9-7-12(8-10-14)15-11-16(13-5-3-2-4-6-13)23-18(20-15)21-17(19)22-23/h2-10,15-16H,11H2,1H3,(H3,19,20,21,22)/t15-,16-/m0/s1. The summed E-state index contributed by atoms with van der Waals surface area (Å²) in [7, 11) is 1.67. The van der Waals surface area contributed by atoms with Crippen molar-refractivity contribution in [2.45, 2.75) is 18.5 Å². The lowest BCUT2D eigenvalue weighted by atomic mass is 9.93. The van der Waals surface area contributed by atoms with Crippen LogP contribution in [0.5, 0.6) is 5.75 Å². The average molecular weight is 321 g/mol. The summed E-state index contributed by atoms with van der Waals surface area (Å²) in [4.78, 5) is 4.33. The highest BCUT2D eigenvalue weighted by molar-refractivity contribution is 5.42. The molecule has 1 aromatic heterocycles. The molecule has 2 heterocycles. The van der Waals surface area contributed by atoms with Gasteiger partial charge in [-0.3, -0.25) is 0 Å². The maximum Gasteiger partial charge on any atom is 0.241 e. The molecule has 0 unspecified atom stereocenters. The average Bonchev–Trinajstić information content (AvgIpc) is 3.02. The van der Waals surface area contributed by atoms with E-state index in [9.17, 15) is 0 Å². The molecule has 0 bridgehead atoms. The summed E-state index contributed by atoms with van der Waals surface area (Å²) >= 11 is 0. The van der Waals surface area contributed by atoms with Gasteiger partial charge in [0.25, 0.3) is 0 Å². The molecule has 6 nitrogen and oxygen atoms in total. The van der Waals surface area contributed by atoms with Crippen LogP contribution in [-0.2, 0) is 0 Å². The van der Waals surface area contributed by atoms with E-state index in [4.69, 9.17) is 10.5 Å². The van der Waals surface area contributed by atoms with Crippen molar-refractivity contribution in [3.63, 3.8) is 0 Å². The zero-order chi connectivity index (χ0) is 16.5. The lowest BCUT2D eigenvalue weighted by Gasteiger charge is -2.31. The van der Waals surface area contributed by atoms with Crippen LogP contribution < -0.4 is 15.8 Å². The van der Waals surface area contributed by atoms with Crippen LogP contribution in [0.15, 0.2) is 54.6 Å². The van der Waals surface area contributed by atoms with Gasteiger partial charge < -0.3 is 15.8 Å². The normalized spacial score (nSPS) is 19.4. The van der Waals surface area contributed by atoms with Gasteiger partial charge in [-0.2, -0.15) is 4.98 Å². The third-order valence-corrected chi connectivity index (χ3v) is 4.41. The minimum atomic E-state index is 0.0966. The van der Waals surface area contributed by atoms with Crippen LogP contribution in [0.1, 0.15) is 29.6 Å². The van der Waals surface area contributed by atoms with E-state index < -0.39 is 0 Å². The van der Waals surface area contributed by atoms with Crippen LogP contribution in [0.2, 0.25) is 0 Å². The third kappa shape index (κ3) is 2.56. The fourth-order valence-electron chi connectivity index (χ4n) is 3.20. The molecule has 2 aromatic carbocycles. The Hall–Kier alpha value is -3.02. The van der Waals surface area contributed by atoms with Crippen molar-refractivity contribution in [1.82, 2.24) is 14.8 Å². The zero-order valence-corrected chi connectivity index (χ0v) is 13.4. The van der Waals surface area contributed by atoms with Crippen LogP contribution in [0.25, 0.3) is 0 Å². The fraction of sp³-hybridized carbons (Fsp3) is 0.222. The van der Waals surface area contributed by atoms with Crippen LogP contribution in [-0.4, -0.2) is 21.9 Å². The van der Waals surface area contributed by atoms with E-state index in [1.54, 1.807) is 7.11 Å². The monoisotopic (exact) mass is 321 g/mol. The maximum atomic E-state index is 5.82. The summed E-state index contributed by atoms with van der Waals surface area (Å²) in [5.41, 5.74) is 8.20. The highest BCUT2D eigenvalue weighted by atomic mass is 16.5. The predicted molar refractivity (Wildman–Crippen MR) is 93.0 cm³/mol. The molecular formula is C18H19N5O. The molecule has 122 valence electrons. The Balaban J connectivity index is 1.71. The number of rotatable bonds is 3. The third-order valence-electron chi connectivity index (χ3n) is 4.41. The predicted octanol–water partition coefficient (Wildman–Crippen LogP) is 3.02. The van der Waals surface area contributed by atoms with Gasteiger partial charge in [0.2, 0.25) is 11.9 Å². The Morgan fingerprint density at radius 1 is 1.08 bits per heavy atom. The molecule has 0 radical (unpaired) electrons. The van der Waals surface area contributed by atoms with E-state index in [1.165, 1.54) is 11.1 Å². The van der Waals surface area contributed by atoms with Gasteiger partial charge in [0, 0.05) is 0 Å². The first-order chi connectivity index (χ1) is 11.7. The van der Waals surface area contributed by atoms with Crippen LogP contribution in [0.3, 0.4) is 0 Å². The minimum absolute atomic E-state index is 0.0966. The molecular weight excluding hydrogens is 302 g/mol. The summed E-state index contributed by atoms with van der Waals surface area (Å²) in [6, 6.07) is 18.7. The number of aromatic nitrogens is 3. The van der Waals surface area contributed by atoms with Crippen molar-refractivity contribution in [3.05, 3.63) is 65.7 Å². The number of nitrogens with two attached hydrogens (primary N) is 1. The summed E-state index contributed by atoms with van der Waals surface area (Å²) in [6.45, 7) is 0. The molecule has 3 aromatic rings. The maximum absolute atomic E-state index is 5.82. The second-order valence-corrected chi connectivity index (χ2v) is 5.87. The zero-order valence-electron chi connectivity index (χ0n) is 13.4. The minimum Gasteiger partial charge on any atom is -0.497 e. The Morgan fingerprint density at radius 2 is 1.83 bits per heavy atom. The van der Waals surface area contributed by atoms with Crippen molar-refractivity contribution in [2.24, 2.45) is 0 Å². The number of ether oxygens (including phenoxy) is 1. The summed E-state index contributed by atoms with van der Waals surface area (Å²) < 4.78 is 7.12. The fourth-order valence-corrected chi connectivity index (χ4v) is 3.20. The first kappa shape index (κ1) is 14.6. The van der Waals surface area contributed by atoms with Gasteiger partial charge in [-0.25, -0.2) is 4.68 Å². The van der Waals surface area contributed by atoms with Gasteiger partial charge in [-0.15, -0.1) is 5.10 Å². The molecule has 1 aliphatic heterocycles.